The second-order valence-electron chi connectivity index (χ2n) is 10.1. The van der Waals surface area contributed by atoms with Crippen molar-refractivity contribution in [1.82, 2.24) is 4.98 Å². The first-order valence-electron chi connectivity index (χ1n) is 12.3. The third kappa shape index (κ3) is 5.30. The van der Waals surface area contributed by atoms with E-state index in [0.29, 0.717) is 35.2 Å². The molecule has 4 rings (SSSR count). The van der Waals surface area contributed by atoms with Crippen LogP contribution in [0.4, 0.5) is 11.5 Å². The molecule has 1 amide bonds. The number of aromatic nitrogens is 1. The second-order valence-corrected chi connectivity index (χ2v) is 10.6. The molecule has 1 saturated heterocycles. The summed E-state index contributed by atoms with van der Waals surface area (Å²) in [6.45, 7) is 6.08. The molecule has 7 nitrogen and oxygen atoms in total. The number of anilines is 2. The average molecular weight is 524 g/mol. The van der Waals surface area contributed by atoms with Gasteiger partial charge in [0, 0.05) is 24.2 Å². The van der Waals surface area contributed by atoms with Crippen LogP contribution in [0.15, 0.2) is 54.7 Å². The molecule has 1 fully saturated rings. The lowest BCUT2D eigenvalue weighted by Gasteiger charge is -2.32. The molecule has 0 spiro atoms. The number of aryl methyl sites for hydroxylation is 1. The number of pyridine rings is 1. The van der Waals surface area contributed by atoms with Gasteiger partial charge in [0.05, 0.1) is 43.2 Å². The molecule has 2 atom stereocenters. The standard InChI is InChI=1S/C29H34ClN3O4/c1-18-8-6-7-9-24(18)25-14-27(33-16-22(35)13-21(33)17-34)31-15-26(25)32(4)28(36)29(2,3)19-10-20(30)12-23(11-19)37-5/h6-12,14-15,21-22,34-35H,13,16-17H2,1-5H3/t21-,22+/m0/s1. The van der Waals surface area contributed by atoms with E-state index in [1.807, 2.05) is 62.1 Å². The van der Waals surface area contributed by atoms with Crippen molar-refractivity contribution in [2.75, 3.05) is 37.1 Å². The van der Waals surface area contributed by atoms with E-state index < -0.39 is 11.5 Å². The van der Waals surface area contributed by atoms with Gasteiger partial charge in [0.15, 0.2) is 0 Å². The van der Waals surface area contributed by atoms with Crippen molar-refractivity contribution >= 4 is 29.0 Å². The van der Waals surface area contributed by atoms with Crippen LogP contribution in [-0.4, -0.2) is 60.6 Å². The van der Waals surface area contributed by atoms with E-state index >= 15 is 0 Å². The molecule has 8 heteroatoms. The second kappa shape index (κ2) is 10.7. The smallest absolute Gasteiger partial charge is 0.236 e. The maximum Gasteiger partial charge on any atom is 0.236 e. The van der Waals surface area contributed by atoms with Crippen LogP contribution in [0.5, 0.6) is 5.75 Å². The summed E-state index contributed by atoms with van der Waals surface area (Å²) in [6, 6.07) is 15.0. The summed E-state index contributed by atoms with van der Waals surface area (Å²) in [7, 11) is 3.32. The van der Waals surface area contributed by atoms with Crippen LogP contribution in [0.2, 0.25) is 5.02 Å². The number of β-amino-alcohol motifs (C(OH)–C–C–N with tert-alkyl or cyclic N) is 1. The normalized spacial score (nSPS) is 17.7. The summed E-state index contributed by atoms with van der Waals surface area (Å²) in [5.74, 6) is 1.10. The number of aliphatic hydroxyl groups excluding tert-OH is 2. The van der Waals surface area contributed by atoms with Crippen molar-refractivity contribution < 1.29 is 19.7 Å². The van der Waals surface area contributed by atoms with Gasteiger partial charge in [-0.3, -0.25) is 4.79 Å². The minimum Gasteiger partial charge on any atom is -0.497 e. The number of likely N-dealkylation sites (N-methyl/N-ethyl adjacent to an activating group) is 1. The Bertz CT molecular complexity index is 1300. The van der Waals surface area contributed by atoms with E-state index in [9.17, 15) is 15.0 Å². The number of hydrogen-bond acceptors (Lipinski definition) is 6. The van der Waals surface area contributed by atoms with Crippen molar-refractivity contribution in [1.29, 1.82) is 0 Å². The first kappa shape index (κ1) is 26.9. The number of methoxy groups -OCH3 is 1. The van der Waals surface area contributed by atoms with E-state index in [1.54, 1.807) is 37.4 Å². The lowest BCUT2D eigenvalue weighted by molar-refractivity contribution is -0.122. The van der Waals surface area contributed by atoms with Gasteiger partial charge >= 0.3 is 0 Å². The zero-order chi connectivity index (χ0) is 26.9. The highest BCUT2D eigenvalue weighted by atomic mass is 35.5. The maximum atomic E-state index is 14.0. The van der Waals surface area contributed by atoms with E-state index in [2.05, 4.69) is 4.98 Å². The molecule has 1 aromatic heterocycles. The number of aliphatic hydroxyl groups is 2. The Balaban J connectivity index is 1.79. The predicted molar refractivity (Wildman–Crippen MR) is 148 cm³/mol. The van der Waals surface area contributed by atoms with Crippen molar-refractivity contribution in [2.24, 2.45) is 0 Å². The fraction of sp³-hybridized carbons (Fsp3) is 0.379. The van der Waals surface area contributed by atoms with Gasteiger partial charge in [-0.25, -0.2) is 4.98 Å². The highest BCUT2D eigenvalue weighted by molar-refractivity contribution is 6.30. The summed E-state index contributed by atoms with van der Waals surface area (Å²) in [5, 5.41) is 20.6. The lowest BCUT2D eigenvalue weighted by Crippen LogP contribution is -2.42. The Morgan fingerprint density at radius 2 is 1.95 bits per heavy atom. The van der Waals surface area contributed by atoms with Crippen molar-refractivity contribution in [2.45, 2.75) is 44.8 Å². The molecule has 0 saturated carbocycles. The first-order valence-corrected chi connectivity index (χ1v) is 12.7. The number of carbonyl (C=O) groups is 1. The Morgan fingerprint density at radius 1 is 1.22 bits per heavy atom. The summed E-state index contributed by atoms with van der Waals surface area (Å²) >= 11 is 6.32. The SMILES string of the molecule is COc1cc(Cl)cc(C(C)(C)C(=O)N(C)c2cnc(N3C[C@H](O)C[C@H]3CO)cc2-c2ccccc2C)c1. The number of amides is 1. The van der Waals surface area contributed by atoms with Crippen molar-refractivity contribution in [3.05, 3.63) is 70.9 Å². The predicted octanol–water partition coefficient (Wildman–Crippen LogP) is 4.59. The molecular weight excluding hydrogens is 490 g/mol. The van der Waals surface area contributed by atoms with Crippen LogP contribution >= 0.6 is 11.6 Å². The van der Waals surface area contributed by atoms with E-state index in [1.165, 1.54) is 0 Å². The topological polar surface area (TPSA) is 86.1 Å². The van der Waals surface area contributed by atoms with Crippen molar-refractivity contribution in [3.63, 3.8) is 0 Å². The van der Waals surface area contributed by atoms with Gasteiger partial charge < -0.3 is 24.7 Å². The number of rotatable bonds is 7. The minimum absolute atomic E-state index is 0.0735. The van der Waals surface area contributed by atoms with E-state index in [0.717, 1.165) is 22.3 Å². The van der Waals surface area contributed by atoms with E-state index in [-0.39, 0.29) is 18.6 Å². The van der Waals surface area contributed by atoms with Crippen molar-refractivity contribution in [3.8, 4) is 16.9 Å². The highest BCUT2D eigenvalue weighted by Crippen LogP contribution is 2.39. The fourth-order valence-corrected chi connectivity index (χ4v) is 5.22. The Kier molecular flexibility index (Phi) is 7.78. The fourth-order valence-electron chi connectivity index (χ4n) is 4.99. The molecule has 0 aliphatic carbocycles. The lowest BCUT2D eigenvalue weighted by atomic mass is 9.83. The molecule has 37 heavy (non-hydrogen) atoms. The van der Waals surface area contributed by atoms with Crippen LogP contribution in [0, 0.1) is 6.92 Å². The minimum atomic E-state index is -0.907. The molecule has 1 aliphatic rings. The zero-order valence-electron chi connectivity index (χ0n) is 21.9. The number of ether oxygens (including phenoxy) is 1. The summed E-state index contributed by atoms with van der Waals surface area (Å²) in [5.41, 5.74) is 3.37. The summed E-state index contributed by atoms with van der Waals surface area (Å²) in [6.07, 6.45) is 1.65. The molecule has 3 aromatic rings. The monoisotopic (exact) mass is 523 g/mol. The van der Waals surface area contributed by atoms with Gasteiger partial charge in [-0.05, 0) is 68.1 Å². The van der Waals surface area contributed by atoms with Crippen LogP contribution < -0.4 is 14.5 Å². The average Bonchev–Trinajstić information content (AvgIpc) is 3.28. The summed E-state index contributed by atoms with van der Waals surface area (Å²) in [4.78, 5) is 22.2. The number of halogens is 1. The molecule has 1 aliphatic heterocycles. The molecular formula is C29H34ClN3O4. The number of hydrogen-bond donors (Lipinski definition) is 2. The van der Waals surface area contributed by atoms with Gasteiger partial charge in [-0.1, -0.05) is 35.9 Å². The van der Waals surface area contributed by atoms with Gasteiger partial charge in [-0.2, -0.15) is 0 Å². The Hall–Kier alpha value is -3.13. The number of benzene rings is 2. The molecule has 2 N–H and O–H groups in total. The van der Waals surface area contributed by atoms with Gasteiger partial charge in [0.25, 0.3) is 0 Å². The Labute approximate surface area is 223 Å². The molecule has 0 radical (unpaired) electrons. The first-order chi connectivity index (χ1) is 17.6. The molecule has 196 valence electrons. The molecule has 2 heterocycles. The van der Waals surface area contributed by atoms with Gasteiger partial charge in [0.2, 0.25) is 5.91 Å². The van der Waals surface area contributed by atoms with Gasteiger partial charge in [-0.15, -0.1) is 0 Å². The third-order valence-electron chi connectivity index (χ3n) is 7.23. The van der Waals surface area contributed by atoms with Crippen LogP contribution in [0.3, 0.4) is 0 Å². The van der Waals surface area contributed by atoms with Crippen LogP contribution in [0.25, 0.3) is 11.1 Å². The third-order valence-corrected chi connectivity index (χ3v) is 7.45. The number of carbonyl (C=O) groups excluding carboxylic acids is 1. The van der Waals surface area contributed by atoms with Crippen LogP contribution in [0.1, 0.15) is 31.4 Å². The number of nitrogens with zero attached hydrogens (tertiary/aromatic N) is 3. The zero-order valence-corrected chi connectivity index (χ0v) is 22.7. The quantitative estimate of drug-likeness (QED) is 0.471. The summed E-state index contributed by atoms with van der Waals surface area (Å²) < 4.78 is 5.37. The van der Waals surface area contributed by atoms with Crippen LogP contribution in [-0.2, 0) is 10.2 Å². The molecule has 2 aromatic carbocycles. The molecule has 0 unspecified atom stereocenters. The highest BCUT2D eigenvalue weighted by Gasteiger charge is 2.36. The molecule has 0 bridgehead atoms. The largest absolute Gasteiger partial charge is 0.497 e. The Morgan fingerprint density at radius 3 is 2.62 bits per heavy atom. The maximum absolute atomic E-state index is 14.0. The van der Waals surface area contributed by atoms with Gasteiger partial charge in [0.1, 0.15) is 11.6 Å². The van der Waals surface area contributed by atoms with E-state index in [4.69, 9.17) is 16.3 Å².